The molecule has 0 atom stereocenters. The van der Waals surface area contributed by atoms with E-state index in [1.54, 1.807) is 24.5 Å². The number of imidazole rings is 1. The minimum absolute atomic E-state index is 0.0762. The number of hydrogen-bond donors (Lipinski definition) is 2. The lowest BCUT2D eigenvalue weighted by molar-refractivity contribution is -0.120. The van der Waals surface area contributed by atoms with Crippen LogP contribution in [0.2, 0.25) is 0 Å². The number of aryl methyl sites for hydroxylation is 1. The molecule has 7 nitrogen and oxygen atoms in total. The third-order valence-corrected chi connectivity index (χ3v) is 7.62. The molecule has 1 saturated carbocycles. The van der Waals surface area contributed by atoms with Crippen molar-refractivity contribution < 1.29 is 13.9 Å². The van der Waals surface area contributed by atoms with Crippen molar-refractivity contribution in [3.05, 3.63) is 54.7 Å². The van der Waals surface area contributed by atoms with Gasteiger partial charge >= 0.3 is 0 Å². The van der Waals surface area contributed by atoms with Crippen LogP contribution < -0.4 is 15.4 Å². The van der Waals surface area contributed by atoms with Crippen LogP contribution in [0, 0.1) is 11.7 Å². The summed E-state index contributed by atoms with van der Waals surface area (Å²) in [6.07, 6.45) is 11.5. The Morgan fingerprint density at radius 2 is 2.00 bits per heavy atom. The number of anilines is 1. The summed E-state index contributed by atoms with van der Waals surface area (Å²) in [6.45, 7) is 0. The largest absolute Gasteiger partial charge is 0.453 e. The number of carbonyl (C=O) groups is 1. The molecular formula is C26H26FN5O2S2. The number of pyridine rings is 1. The van der Waals surface area contributed by atoms with E-state index in [4.69, 9.17) is 17.0 Å². The fourth-order valence-corrected chi connectivity index (χ4v) is 5.82. The quantitative estimate of drug-likeness (QED) is 0.284. The highest BCUT2D eigenvalue weighted by atomic mass is 32.1. The van der Waals surface area contributed by atoms with Gasteiger partial charge in [0.15, 0.2) is 16.7 Å². The minimum Gasteiger partial charge on any atom is -0.453 e. The third kappa shape index (κ3) is 5.55. The zero-order chi connectivity index (χ0) is 25.1. The number of benzene rings is 1. The summed E-state index contributed by atoms with van der Waals surface area (Å²) >= 11 is 6.74. The minimum atomic E-state index is -0.554. The van der Waals surface area contributed by atoms with E-state index in [2.05, 4.69) is 20.6 Å². The highest BCUT2D eigenvalue weighted by molar-refractivity contribution is 7.80. The maximum atomic E-state index is 14.9. The normalized spacial score (nSPS) is 14.1. The van der Waals surface area contributed by atoms with E-state index in [0.29, 0.717) is 23.8 Å². The van der Waals surface area contributed by atoms with E-state index in [9.17, 15) is 9.18 Å². The monoisotopic (exact) mass is 523 g/mol. The van der Waals surface area contributed by atoms with Crippen molar-refractivity contribution in [1.82, 2.24) is 19.9 Å². The molecule has 5 rings (SSSR count). The highest BCUT2D eigenvalue weighted by Gasteiger charge is 2.18. The van der Waals surface area contributed by atoms with E-state index < -0.39 is 5.82 Å². The molecule has 0 saturated heterocycles. The molecule has 0 aliphatic heterocycles. The molecule has 10 heteroatoms. The van der Waals surface area contributed by atoms with Crippen LogP contribution in [0.1, 0.15) is 38.5 Å². The van der Waals surface area contributed by atoms with Gasteiger partial charge in [-0.1, -0.05) is 19.3 Å². The van der Waals surface area contributed by atoms with Gasteiger partial charge in [-0.15, -0.1) is 11.3 Å². The number of nitrogens with zero attached hydrogens (tertiary/aromatic N) is 3. The number of hydrogen-bond acceptors (Lipinski definition) is 6. The molecule has 0 bridgehead atoms. The molecule has 0 unspecified atom stereocenters. The maximum Gasteiger partial charge on any atom is 0.226 e. The van der Waals surface area contributed by atoms with Crippen molar-refractivity contribution in [2.24, 2.45) is 13.0 Å². The summed E-state index contributed by atoms with van der Waals surface area (Å²) in [5.41, 5.74) is 1.18. The second-order valence-electron chi connectivity index (χ2n) is 8.95. The van der Waals surface area contributed by atoms with Crippen LogP contribution in [-0.2, 0) is 11.8 Å². The van der Waals surface area contributed by atoms with Crippen molar-refractivity contribution in [2.75, 3.05) is 5.32 Å². The SMILES string of the molecule is Cn1ccnc1-c1cc2nccc(Oc3ccc(NC(=S)NC(=O)CC4CCCCC4)cc3F)c2s1. The summed E-state index contributed by atoms with van der Waals surface area (Å²) in [7, 11) is 1.93. The predicted molar refractivity (Wildman–Crippen MR) is 144 cm³/mol. The number of thiocarbonyl (C=S) groups is 1. The van der Waals surface area contributed by atoms with Gasteiger partial charge in [-0.3, -0.25) is 9.78 Å². The topological polar surface area (TPSA) is 81.1 Å². The van der Waals surface area contributed by atoms with Crippen LogP contribution in [0.5, 0.6) is 11.5 Å². The van der Waals surface area contributed by atoms with Gasteiger partial charge in [-0.05, 0) is 49.2 Å². The standard InChI is InChI=1S/C26H26FN5O2S2/c1-32-12-11-29-25(32)22-15-19-24(36-22)21(9-10-28-19)34-20-8-7-17(14-18(20)27)30-26(35)31-23(33)13-16-5-3-2-4-6-16/h7-12,14-16H,2-6,13H2,1H3,(H2,30,31,33,35). The summed E-state index contributed by atoms with van der Waals surface area (Å²) < 4.78 is 23.6. The van der Waals surface area contributed by atoms with Crippen molar-refractivity contribution in [2.45, 2.75) is 38.5 Å². The van der Waals surface area contributed by atoms with Crippen molar-refractivity contribution >= 4 is 50.5 Å². The number of nitrogens with one attached hydrogen (secondary N) is 2. The Morgan fingerprint density at radius 1 is 1.17 bits per heavy atom. The summed E-state index contributed by atoms with van der Waals surface area (Å²) in [5.74, 6) is 1.16. The molecule has 1 aliphatic carbocycles. The first-order valence-corrected chi connectivity index (χ1v) is 13.1. The number of carbonyl (C=O) groups excluding carboxylic acids is 1. The lowest BCUT2D eigenvalue weighted by Crippen LogP contribution is -2.35. The molecule has 186 valence electrons. The highest BCUT2D eigenvalue weighted by Crippen LogP contribution is 2.39. The van der Waals surface area contributed by atoms with Gasteiger partial charge < -0.3 is 19.9 Å². The predicted octanol–water partition coefficient (Wildman–Crippen LogP) is 6.41. The Kier molecular flexibility index (Phi) is 7.24. The Balaban J connectivity index is 1.25. The van der Waals surface area contributed by atoms with Crippen molar-refractivity contribution in [3.8, 4) is 22.2 Å². The lowest BCUT2D eigenvalue weighted by Gasteiger charge is -2.21. The first-order chi connectivity index (χ1) is 17.5. The molecule has 3 aromatic heterocycles. The van der Waals surface area contributed by atoms with E-state index in [-0.39, 0.29) is 16.8 Å². The van der Waals surface area contributed by atoms with Gasteiger partial charge in [0, 0.05) is 49.9 Å². The van der Waals surface area contributed by atoms with E-state index in [0.717, 1.165) is 33.8 Å². The number of rotatable bonds is 6. The summed E-state index contributed by atoms with van der Waals surface area (Å²) in [6, 6.07) is 8.14. The second-order valence-corrected chi connectivity index (χ2v) is 10.4. The summed E-state index contributed by atoms with van der Waals surface area (Å²) in [4.78, 5) is 22.0. The second kappa shape index (κ2) is 10.7. The number of fused-ring (bicyclic) bond motifs is 1. The Labute approximate surface area is 217 Å². The van der Waals surface area contributed by atoms with Crippen LogP contribution >= 0.6 is 23.6 Å². The van der Waals surface area contributed by atoms with Gasteiger partial charge in [0.2, 0.25) is 5.91 Å². The first kappa shape index (κ1) is 24.3. The van der Waals surface area contributed by atoms with Crippen LogP contribution in [-0.4, -0.2) is 25.6 Å². The Bertz CT molecular complexity index is 1410. The van der Waals surface area contributed by atoms with Crippen LogP contribution in [0.3, 0.4) is 0 Å². The number of amides is 1. The van der Waals surface area contributed by atoms with Gasteiger partial charge in [0.05, 0.1) is 15.1 Å². The molecule has 0 radical (unpaired) electrons. The van der Waals surface area contributed by atoms with Gasteiger partial charge in [-0.2, -0.15) is 0 Å². The van der Waals surface area contributed by atoms with E-state index in [1.165, 1.54) is 42.7 Å². The molecule has 1 aromatic carbocycles. The molecule has 36 heavy (non-hydrogen) atoms. The molecule has 0 spiro atoms. The van der Waals surface area contributed by atoms with Crippen LogP contribution in [0.4, 0.5) is 10.1 Å². The van der Waals surface area contributed by atoms with Crippen LogP contribution in [0.15, 0.2) is 48.9 Å². The number of aromatic nitrogens is 3. The van der Waals surface area contributed by atoms with Crippen molar-refractivity contribution in [3.63, 3.8) is 0 Å². The third-order valence-electron chi connectivity index (χ3n) is 6.28. The van der Waals surface area contributed by atoms with E-state index in [1.807, 2.05) is 23.9 Å². The molecule has 2 N–H and O–H groups in total. The molecular weight excluding hydrogens is 497 g/mol. The maximum absolute atomic E-state index is 14.9. The average molecular weight is 524 g/mol. The molecule has 1 aliphatic rings. The fraction of sp³-hybridized carbons (Fsp3) is 0.308. The molecule has 3 heterocycles. The van der Waals surface area contributed by atoms with Crippen molar-refractivity contribution in [1.29, 1.82) is 0 Å². The first-order valence-electron chi connectivity index (χ1n) is 11.9. The number of ether oxygens (including phenoxy) is 1. The summed E-state index contributed by atoms with van der Waals surface area (Å²) in [5, 5.41) is 5.74. The van der Waals surface area contributed by atoms with Gasteiger partial charge in [0.25, 0.3) is 0 Å². The zero-order valence-corrected chi connectivity index (χ0v) is 21.4. The average Bonchev–Trinajstić information content (AvgIpc) is 3.47. The zero-order valence-electron chi connectivity index (χ0n) is 19.8. The lowest BCUT2D eigenvalue weighted by atomic mass is 9.87. The number of halogens is 1. The van der Waals surface area contributed by atoms with Gasteiger partial charge in [-0.25, -0.2) is 9.37 Å². The fourth-order valence-electron chi connectivity index (χ4n) is 4.48. The van der Waals surface area contributed by atoms with Crippen LogP contribution in [0.25, 0.3) is 20.9 Å². The Morgan fingerprint density at radius 3 is 2.75 bits per heavy atom. The van der Waals surface area contributed by atoms with Gasteiger partial charge in [0.1, 0.15) is 11.6 Å². The molecule has 4 aromatic rings. The Hall–Kier alpha value is -3.37. The molecule has 1 fully saturated rings. The smallest absolute Gasteiger partial charge is 0.226 e. The molecule has 1 amide bonds. The number of thiophene rings is 1. The van der Waals surface area contributed by atoms with E-state index >= 15 is 0 Å².